The molecule has 0 saturated carbocycles. The van der Waals surface area contributed by atoms with Crippen LogP contribution in [-0.4, -0.2) is 34.1 Å². The van der Waals surface area contributed by atoms with Gasteiger partial charge in [-0.05, 0) is 37.5 Å². The molecule has 1 unspecified atom stereocenters. The van der Waals surface area contributed by atoms with Gasteiger partial charge < -0.3 is 15.1 Å². The van der Waals surface area contributed by atoms with E-state index in [9.17, 15) is 15.0 Å². The van der Waals surface area contributed by atoms with Gasteiger partial charge in [-0.15, -0.1) is 0 Å². The summed E-state index contributed by atoms with van der Waals surface area (Å²) in [4.78, 5) is 14.3. The Bertz CT molecular complexity index is 617. The van der Waals surface area contributed by atoms with Crippen LogP contribution in [0, 0.1) is 0 Å². The van der Waals surface area contributed by atoms with Crippen LogP contribution < -0.4 is 0 Å². The van der Waals surface area contributed by atoms with Crippen molar-refractivity contribution in [2.24, 2.45) is 0 Å². The van der Waals surface area contributed by atoms with E-state index in [1.807, 2.05) is 18.9 Å². The average molecular weight is 448 g/mol. The molecule has 2 N–H and O–H groups in total. The van der Waals surface area contributed by atoms with Crippen LogP contribution >= 0.6 is 0 Å². The second-order valence-corrected chi connectivity index (χ2v) is 9.58. The number of hydrogen-bond acceptors (Lipinski definition) is 3. The second kappa shape index (κ2) is 17.8. The number of likely N-dealkylation sites (N-methyl/N-ethyl adjacent to an activating group) is 1. The summed E-state index contributed by atoms with van der Waals surface area (Å²) in [5.74, 6) is -0.0318. The highest BCUT2D eigenvalue weighted by atomic mass is 16.3. The van der Waals surface area contributed by atoms with E-state index in [1.165, 1.54) is 89.5 Å². The van der Waals surface area contributed by atoms with E-state index >= 15 is 0 Å². The third-order valence-corrected chi connectivity index (χ3v) is 6.62. The molecule has 4 nitrogen and oxygen atoms in total. The van der Waals surface area contributed by atoms with E-state index in [1.54, 1.807) is 12.1 Å². The molecule has 0 radical (unpaired) electrons. The van der Waals surface area contributed by atoms with Gasteiger partial charge in [-0.2, -0.15) is 0 Å². The summed E-state index contributed by atoms with van der Waals surface area (Å²) < 4.78 is 0. The first-order chi connectivity index (χ1) is 15.5. The van der Waals surface area contributed by atoms with Crippen molar-refractivity contribution in [3.63, 3.8) is 0 Å². The first kappa shape index (κ1) is 28.3. The van der Waals surface area contributed by atoms with Crippen molar-refractivity contribution >= 4 is 5.91 Å². The van der Waals surface area contributed by atoms with Gasteiger partial charge in [0, 0.05) is 19.5 Å². The van der Waals surface area contributed by atoms with Crippen LogP contribution in [0.2, 0.25) is 0 Å². The lowest BCUT2D eigenvalue weighted by molar-refractivity contribution is -0.131. The van der Waals surface area contributed by atoms with Gasteiger partial charge in [0.2, 0.25) is 5.91 Å². The van der Waals surface area contributed by atoms with Gasteiger partial charge in [-0.1, -0.05) is 103 Å². The Hall–Kier alpha value is -1.71. The SMILES string of the molecule is CCCCCCCCCCCCCCCCCC(=O)N(C)C(C)Cc1ccc(O)c(O)c1. The fourth-order valence-corrected chi connectivity index (χ4v) is 4.24. The van der Waals surface area contributed by atoms with E-state index in [-0.39, 0.29) is 23.4 Å². The lowest BCUT2D eigenvalue weighted by Gasteiger charge is -2.25. The zero-order valence-corrected chi connectivity index (χ0v) is 21.1. The molecular formula is C28H49NO3. The zero-order chi connectivity index (χ0) is 23.6. The number of hydrogen-bond donors (Lipinski definition) is 2. The number of unbranched alkanes of at least 4 members (excludes halogenated alkanes) is 14. The minimum absolute atomic E-state index is 0.0581. The molecule has 1 aromatic carbocycles. The van der Waals surface area contributed by atoms with Crippen LogP contribution in [0.15, 0.2) is 18.2 Å². The lowest BCUT2D eigenvalue weighted by Crippen LogP contribution is -2.36. The van der Waals surface area contributed by atoms with Crippen LogP contribution in [0.4, 0.5) is 0 Å². The van der Waals surface area contributed by atoms with Crippen molar-refractivity contribution in [2.45, 2.75) is 129 Å². The number of phenolic OH excluding ortho intramolecular Hbond substituents is 2. The van der Waals surface area contributed by atoms with Crippen molar-refractivity contribution in [2.75, 3.05) is 7.05 Å². The van der Waals surface area contributed by atoms with Crippen molar-refractivity contribution in [3.8, 4) is 11.5 Å². The Kier molecular flexibility index (Phi) is 15.8. The molecule has 1 atom stereocenters. The van der Waals surface area contributed by atoms with Crippen LogP contribution in [0.5, 0.6) is 11.5 Å². The predicted molar refractivity (Wildman–Crippen MR) is 135 cm³/mol. The smallest absolute Gasteiger partial charge is 0.222 e. The number of aromatic hydroxyl groups is 2. The maximum Gasteiger partial charge on any atom is 0.222 e. The maximum atomic E-state index is 12.5. The van der Waals surface area contributed by atoms with E-state index < -0.39 is 0 Å². The highest BCUT2D eigenvalue weighted by Gasteiger charge is 2.16. The van der Waals surface area contributed by atoms with Gasteiger partial charge in [0.15, 0.2) is 11.5 Å². The number of benzene rings is 1. The summed E-state index contributed by atoms with van der Waals surface area (Å²) >= 11 is 0. The molecule has 0 fully saturated rings. The molecule has 1 amide bonds. The summed E-state index contributed by atoms with van der Waals surface area (Å²) in [5, 5.41) is 19.1. The van der Waals surface area contributed by atoms with Crippen LogP contribution in [0.25, 0.3) is 0 Å². The molecule has 0 aliphatic heterocycles. The molecule has 4 heteroatoms. The Balaban J connectivity index is 1.98. The van der Waals surface area contributed by atoms with Crippen LogP contribution in [0.1, 0.15) is 122 Å². The summed E-state index contributed by atoms with van der Waals surface area (Å²) in [6, 6.07) is 4.91. The topological polar surface area (TPSA) is 60.8 Å². The quantitative estimate of drug-likeness (QED) is 0.168. The maximum absolute atomic E-state index is 12.5. The summed E-state index contributed by atoms with van der Waals surface area (Å²) in [6.07, 6.45) is 21.2. The normalized spacial score (nSPS) is 12.1. The Labute approximate surface area is 197 Å². The average Bonchev–Trinajstić information content (AvgIpc) is 2.78. The van der Waals surface area contributed by atoms with E-state index in [2.05, 4.69) is 6.92 Å². The monoisotopic (exact) mass is 447 g/mol. The minimum Gasteiger partial charge on any atom is -0.504 e. The number of nitrogens with zero attached hydrogens (tertiary/aromatic N) is 1. The molecule has 0 aromatic heterocycles. The van der Waals surface area contributed by atoms with Crippen LogP contribution in [0.3, 0.4) is 0 Å². The third kappa shape index (κ3) is 13.0. The fourth-order valence-electron chi connectivity index (χ4n) is 4.24. The number of rotatable bonds is 19. The summed E-state index contributed by atoms with van der Waals surface area (Å²) in [7, 11) is 1.86. The highest BCUT2D eigenvalue weighted by Crippen LogP contribution is 2.26. The summed E-state index contributed by atoms with van der Waals surface area (Å²) in [6.45, 7) is 4.30. The first-order valence-corrected chi connectivity index (χ1v) is 13.2. The largest absolute Gasteiger partial charge is 0.504 e. The molecule has 1 aromatic rings. The molecule has 184 valence electrons. The Morgan fingerprint density at radius 3 is 1.72 bits per heavy atom. The molecule has 0 aliphatic carbocycles. The predicted octanol–water partition coefficient (Wildman–Crippen LogP) is 7.75. The number of phenols is 2. The van der Waals surface area contributed by atoms with Crippen molar-refractivity contribution < 1.29 is 15.0 Å². The molecule has 32 heavy (non-hydrogen) atoms. The molecular weight excluding hydrogens is 398 g/mol. The minimum atomic E-state index is -0.112. The standard InChI is InChI=1S/C28H49NO3/c1-4-5-6-7-8-9-10-11-12-13-14-15-16-17-18-19-28(32)29(3)24(2)22-25-20-21-26(30)27(31)23-25/h20-21,23-24,30-31H,4-19,22H2,1-3H3. The number of amides is 1. The van der Waals surface area contributed by atoms with Gasteiger partial charge in [-0.25, -0.2) is 0 Å². The number of carbonyl (C=O) groups excluding carboxylic acids is 1. The van der Waals surface area contributed by atoms with Gasteiger partial charge in [0.05, 0.1) is 0 Å². The highest BCUT2D eigenvalue weighted by molar-refractivity contribution is 5.76. The first-order valence-electron chi connectivity index (χ1n) is 13.2. The van der Waals surface area contributed by atoms with E-state index in [0.717, 1.165) is 18.4 Å². The van der Waals surface area contributed by atoms with Crippen molar-refractivity contribution in [1.29, 1.82) is 0 Å². The van der Waals surface area contributed by atoms with Gasteiger partial charge in [-0.3, -0.25) is 4.79 Å². The second-order valence-electron chi connectivity index (χ2n) is 9.58. The van der Waals surface area contributed by atoms with Crippen molar-refractivity contribution in [3.05, 3.63) is 23.8 Å². The molecule has 1 rings (SSSR count). The summed E-state index contributed by atoms with van der Waals surface area (Å²) in [5.41, 5.74) is 0.916. The van der Waals surface area contributed by atoms with E-state index in [0.29, 0.717) is 12.8 Å². The number of carbonyl (C=O) groups is 1. The molecule has 0 heterocycles. The van der Waals surface area contributed by atoms with Crippen molar-refractivity contribution in [1.82, 2.24) is 4.90 Å². The van der Waals surface area contributed by atoms with E-state index in [4.69, 9.17) is 0 Å². The molecule has 0 bridgehead atoms. The zero-order valence-electron chi connectivity index (χ0n) is 21.1. The third-order valence-electron chi connectivity index (χ3n) is 6.62. The molecule has 0 aliphatic rings. The Morgan fingerprint density at radius 1 is 0.781 bits per heavy atom. The Morgan fingerprint density at radius 2 is 1.25 bits per heavy atom. The van der Waals surface area contributed by atoms with Gasteiger partial charge >= 0.3 is 0 Å². The molecule has 0 saturated heterocycles. The van der Waals surface area contributed by atoms with Gasteiger partial charge in [0.25, 0.3) is 0 Å². The van der Waals surface area contributed by atoms with Crippen LogP contribution in [-0.2, 0) is 11.2 Å². The molecule has 0 spiro atoms. The lowest BCUT2D eigenvalue weighted by atomic mass is 10.0. The fraction of sp³-hybridized carbons (Fsp3) is 0.750. The van der Waals surface area contributed by atoms with Gasteiger partial charge in [0.1, 0.15) is 0 Å².